The third-order valence-electron chi connectivity index (χ3n) is 9.06. The van der Waals surface area contributed by atoms with Crippen LogP contribution in [0.25, 0.3) is 0 Å². The van der Waals surface area contributed by atoms with Crippen molar-refractivity contribution in [2.75, 3.05) is 26.7 Å². The second-order valence-corrected chi connectivity index (χ2v) is 12.9. The number of nitrogens with zero attached hydrogens (tertiary/aromatic N) is 1. The van der Waals surface area contributed by atoms with E-state index < -0.39 is 29.6 Å². The molecule has 1 fully saturated rings. The van der Waals surface area contributed by atoms with Crippen molar-refractivity contribution >= 4 is 17.7 Å². The van der Waals surface area contributed by atoms with Crippen LogP contribution >= 0.6 is 0 Å². The molecule has 2 aromatic carbocycles. The van der Waals surface area contributed by atoms with Gasteiger partial charge in [-0.2, -0.15) is 0 Å². The Bertz CT molecular complexity index is 1240. The zero-order valence-electron chi connectivity index (χ0n) is 26.7. The first kappa shape index (κ1) is 33.5. The Kier molecular flexibility index (Phi) is 11.8. The Morgan fingerprint density at radius 3 is 2.30 bits per heavy atom. The number of rotatable bonds is 4. The highest BCUT2D eigenvalue weighted by molar-refractivity contribution is 5.94. The van der Waals surface area contributed by atoms with Crippen LogP contribution in [0.2, 0.25) is 0 Å². The first-order valence-corrected chi connectivity index (χ1v) is 16.1. The summed E-state index contributed by atoms with van der Waals surface area (Å²) in [4.78, 5) is 43.3. The maximum atomic E-state index is 14.2. The smallest absolute Gasteiger partial charge is 0.246 e. The van der Waals surface area contributed by atoms with E-state index >= 15 is 0 Å². The van der Waals surface area contributed by atoms with Crippen LogP contribution in [0, 0.1) is 5.92 Å². The highest BCUT2D eigenvalue weighted by Gasteiger charge is 2.44. The van der Waals surface area contributed by atoms with Gasteiger partial charge in [0, 0.05) is 26.1 Å². The number of aryl methyl sites for hydroxylation is 1. The lowest BCUT2D eigenvalue weighted by Crippen LogP contribution is -2.64. The van der Waals surface area contributed by atoms with Crippen LogP contribution in [0.3, 0.4) is 0 Å². The highest BCUT2D eigenvalue weighted by Crippen LogP contribution is 2.29. The topological polar surface area (TPSA) is 120 Å². The fraction of sp³-hybridized carbons (Fsp3) is 0.571. The van der Waals surface area contributed by atoms with Crippen molar-refractivity contribution < 1.29 is 24.2 Å². The van der Waals surface area contributed by atoms with E-state index in [4.69, 9.17) is 4.74 Å². The van der Waals surface area contributed by atoms with Crippen LogP contribution in [0.5, 0.6) is 5.75 Å². The zero-order valence-corrected chi connectivity index (χ0v) is 26.7. The van der Waals surface area contributed by atoms with E-state index in [0.29, 0.717) is 32.5 Å². The molecule has 0 aromatic heterocycles. The average Bonchev–Trinajstić information content (AvgIpc) is 3.01. The van der Waals surface area contributed by atoms with Crippen LogP contribution < -0.4 is 20.7 Å². The van der Waals surface area contributed by atoms with Gasteiger partial charge in [-0.25, -0.2) is 0 Å². The number of hydrogen-bond donors (Lipinski definition) is 4. The van der Waals surface area contributed by atoms with Gasteiger partial charge in [0.1, 0.15) is 24.4 Å². The summed E-state index contributed by atoms with van der Waals surface area (Å²) in [5.41, 5.74) is 0.376. The minimum Gasteiger partial charge on any atom is -0.492 e. The van der Waals surface area contributed by atoms with Gasteiger partial charge in [0.25, 0.3) is 0 Å². The number of nitrogens with one attached hydrogen (secondary N) is 3. The van der Waals surface area contributed by atoms with E-state index in [-0.39, 0.29) is 23.7 Å². The standard InChI is InChI=1S/C35H50N4O5/c1-24(25-14-7-5-8-15-25)29-32(40)37-21-13-19-26-16-11-12-20-28(26)44-23-22-36-30(27-17-9-6-10-18-27)34(42)39(4)31(33(41)38-29)35(2,3)43/h5,7-8,11-12,14-16,20,24,27,29-31,36,43H,6,9-10,13,17-19,21-23H2,1-4H3,(H,37,40)(H,38,41)/t24?,29-,30+,31-/m1/s1. The summed E-state index contributed by atoms with van der Waals surface area (Å²) in [6, 6.07) is 14.8. The lowest BCUT2D eigenvalue weighted by molar-refractivity contribution is -0.151. The summed E-state index contributed by atoms with van der Waals surface area (Å²) in [7, 11) is 1.57. The third kappa shape index (κ3) is 8.60. The Morgan fingerprint density at radius 1 is 0.909 bits per heavy atom. The van der Waals surface area contributed by atoms with Crippen molar-refractivity contribution in [2.45, 2.75) is 95.4 Å². The molecule has 9 heteroatoms. The summed E-state index contributed by atoms with van der Waals surface area (Å²) >= 11 is 0. The van der Waals surface area contributed by atoms with Gasteiger partial charge in [-0.1, -0.05) is 74.7 Å². The second-order valence-electron chi connectivity index (χ2n) is 12.9. The minimum atomic E-state index is -1.57. The van der Waals surface area contributed by atoms with Crippen LogP contribution in [-0.4, -0.2) is 78.2 Å². The quantitative estimate of drug-likeness (QED) is 0.423. The molecule has 44 heavy (non-hydrogen) atoms. The molecule has 4 atom stereocenters. The molecule has 1 saturated carbocycles. The minimum absolute atomic E-state index is 0.110. The fourth-order valence-electron chi connectivity index (χ4n) is 6.67. The average molecular weight is 607 g/mol. The Balaban J connectivity index is 1.68. The predicted octanol–water partition coefficient (Wildman–Crippen LogP) is 3.55. The third-order valence-corrected chi connectivity index (χ3v) is 9.06. The number of carbonyl (C=O) groups excluding carboxylic acids is 3. The summed E-state index contributed by atoms with van der Waals surface area (Å²) in [5, 5.41) is 20.7. The van der Waals surface area contributed by atoms with Crippen molar-refractivity contribution in [2.24, 2.45) is 5.92 Å². The van der Waals surface area contributed by atoms with Crippen LogP contribution in [0.4, 0.5) is 0 Å². The fourth-order valence-corrected chi connectivity index (χ4v) is 6.67. The van der Waals surface area contributed by atoms with Crippen molar-refractivity contribution in [3.8, 4) is 5.75 Å². The molecule has 9 nitrogen and oxygen atoms in total. The molecule has 1 unspecified atom stereocenters. The molecule has 4 rings (SSSR count). The van der Waals surface area contributed by atoms with Gasteiger partial charge in [0.2, 0.25) is 17.7 Å². The number of para-hydroxylation sites is 1. The predicted molar refractivity (Wildman–Crippen MR) is 171 cm³/mol. The van der Waals surface area contributed by atoms with E-state index in [0.717, 1.165) is 49.0 Å². The first-order chi connectivity index (χ1) is 21.1. The maximum Gasteiger partial charge on any atom is 0.246 e. The van der Waals surface area contributed by atoms with Crippen LogP contribution in [0.15, 0.2) is 54.6 Å². The van der Waals surface area contributed by atoms with Gasteiger partial charge in [-0.3, -0.25) is 14.4 Å². The molecule has 0 spiro atoms. The van der Waals surface area contributed by atoms with Gasteiger partial charge >= 0.3 is 0 Å². The molecule has 240 valence electrons. The van der Waals surface area contributed by atoms with E-state index in [1.165, 1.54) is 18.7 Å². The molecule has 3 amide bonds. The largest absolute Gasteiger partial charge is 0.492 e. The molecule has 2 aliphatic rings. The SMILES string of the molecule is CC(c1ccccc1)[C@H]1NC(=O)[C@H](C(C)(C)O)N(C)C(=O)[C@H](C2CCCCC2)NCCOc2ccccc2CCCNC1=O. The Labute approximate surface area is 262 Å². The van der Waals surface area contributed by atoms with Gasteiger partial charge in [0.05, 0.1) is 11.6 Å². The summed E-state index contributed by atoms with van der Waals surface area (Å²) in [6.45, 7) is 6.20. The van der Waals surface area contributed by atoms with Crippen LogP contribution in [-0.2, 0) is 20.8 Å². The van der Waals surface area contributed by atoms with Crippen molar-refractivity contribution in [3.63, 3.8) is 0 Å². The monoisotopic (exact) mass is 606 g/mol. The summed E-state index contributed by atoms with van der Waals surface area (Å²) < 4.78 is 6.16. The van der Waals surface area contributed by atoms with E-state index in [1.54, 1.807) is 7.05 Å². The Hall–Kier alpha value is -3.43. The number of benzene rings is 2. The summed E-state index contributed by atoms with van der Waals surface area (Å²) in [5.74, 6) is -0.594. The van der Waals surface area contributed by atoms with Crippen molar-refractivity contribution in [1.29, 1.82) is 0 Å². The van der Waals surface area contributed by atoms with E-state index in [2.05, 4.69) is 16.0 Å². The Morgan fingerprint density at radius 2 is 1.59 bits per heavy atom. The lowest BCUT2D eigenvalue weighted by atomic mass is 9.82. The first-order valence-electron chi connectivity index (χ1n) is 16.1. The number of aliphatic hydroxyl groups is 1. The maximum absolute atomic E-state index is 14.2. The van der Waals surface area contributed by atoms with Gasteiger partial charge in [0.15, 0.2) is 0 Å². The molecule has 2 aromatic rings. The number of amides is 3. The lowest BCUT2D eigenvalue weighted by Gasteiger charge is -2.40. The number of fused-ring (bicyclic) bond motifs is 1. The molecule has 0 bridgehead atoms. The van der Waals surface area contributed by atoms with E-state index in [1.807, 2.05) is 61.5 Å². The number of likely N-dealkylation sites (N-methyl/N-ethyl adjacent to an activating group) is 1. The second kappa shape index (κ2) is 15.5. The van der Waals surface area contributed by atoms with Gasteiger partial charge < -0.3 is 30.7 Å². The van der Waals surface area contributed by atoms with E-state index in [9.17, 15) is 19.5 Å². The molecular formula is C35H50N4O5. The number of hydrogen-bond acceptors (Lipinski definition) is 6. The summed E-state index contributed by atoms with van der Waals surface area (Å²) in [6.07, 6.45) is 6.47. The van der Waals surface area contributed by atoms with Crippen molar-refractivity contribution in [3.05, 3.63) is 65.7 Å². The van der Waals surface area contributed by atoms with Crippen molar-refractivity contribution in [1.82, 2.24) is 20.9 Å². The normalized spacial score (nSPS) is 24.6. The molecule has 1 aliphatic heterocycles. The molecule has 4 N–H and O–H groups in total. The zero-order chi connectivity index (χ0) is 31.7. The van der Waals surface area contributed by atoms with Crippen LogP contribution in [0.1, 0.15) is 76.3 Å². The number of ether oxygens (including phenoxy) is 1. The molecule has 0 radical (unpaired) electrons. The number of carbonyl (C=O) groups is 3. The molecule has 0 saturated heterocycles. The molecule has 1 aliphatic carbocycles. The molecular weight excluding hydrogens is 556 g/mol. The highest BCUT2D eigenvalue weighted by atomic mass is 16.5. The van der Waals surface area contributed by atoms with Gasteiger partial charge in [-0.05, 0) is 62.6 Å². The molecule has 1 heterocycles. The van der Waals surface area contributed by atoms with Gasteiger partial charge in [-0.15, -0.1) is 0 Å².